The van der Waals surface area contributed by atoms with E-state index in [-0.39, 0.29) is 11.9 Å². The SMILES string of the molecule is Fc1ccc(-c2nnc(CN3CCC[C@H]3c3nc4ccccc4s3)o2)cc1. The highest BCUT2D eigenvalue weighted by molar-refractivity contribution is 7.18. The van der Waals surface area contributed by atoms with Gasteiger partial charge in [-0.2, -0.15) is 0 Å². The predicted molar refractivity (Wildman–Crippen MR) is 102 cm³/mol. The molecule has 0 bridgehead atoms. The van der Waals surface area contributed by atoms with Gasteiger partial charge in [0.05, 0.1) is 22.8 Å². The number of aromatic nitrogens is 3. The zero-order valence-electron chi connectivity index (χ0n) is 14.5. The van der Waals surface area contributed by atoms with Gasteiger partial charge >= 0.3 is 0 Å². The minimum atomic E-state index is -0.283. The summed E-state index contributed by atoms with van der Waals surface area (Å²) < 4.78 is 20.1. The van der Waals surface area contributed by atoms with Gasteiger partial charge in [0.25, 0.3) is 0 Å². The molecule has 1 aliphatic heterocycles. The van der Waals surface area contributed by atoms with Gasteiger partial charge < -0.3 is 4.42 Å². The molecule has 1 saturated heterocycles. The predicted octanol–water partition coefficient (Wildman–Crippen LogP) is 4.82. The first-order valence-electron chi connectivity index (χ1n) is 8.94. The number of nitrogens with zero attached hydrogens (tertiary/aromatic N) is 4. The number of hydrogen-bond acceptors (Lipinski definition) is 6. The first kappa shape index (κ1) is 16.5. The van der Waals surface area contributed by atoms with Crippen molar-refractivity contribution in [3.63, 3.8) is 0 Å². The molecule has 1 aliphatic rings. The van der Waals surface area contributed by atoms with Crippen LogP contribution < -0.4 is 0 Å². The largest absolute Gasteiger partial charge is 0.419 e. The summed E-state index contributed by atoms with van der Waals surface area (Å²) in [6, 6.07) is 14.6. The van der Waals surface area contributed by atoms with Crippen molar-refractivity contribution in [3.8, 4) is 11.5 Å². The molecule has 4 aromatic rings. The summed E-state index contributed by atoms with van der Waals surface area (Å²) in [5.74, 6) is 0.706. The van der Waals surface area contributed by atoms with Gasteiger partial charge in [0.15, 0.2) is 0 Å². The van der Waals surface area contributed by atoms with Crippen LogP contribution >= 0.6 is 11.3 Å². The smallest absolute Gasteiger partial charge is 0.247 e. The zero-order valence-corrected chi connectivity index (χ0v) is 15.3. The molecule has 2 aromatic carbocycles. The fourth-order valence-corrected chi connectivity index (χ4v) is 4.67. The Hall–Kier alpha value is -2.64. The van der Waals surface area contributed by atoms with Crippen LogP contribution in [0.1, 0.15) is 29.8 Å². The number of para-hydroxylation sites is 1. The van der Waals surface area contributed by atoms with E-state index in [0.29, 0.717) is 18.3 Å². The fraction of sp³-hybridized carbons (Fsp3) is 0.250. The number of thiazole rings is 1. The Balaban J connectivity index is 1.36. The van der Waals surface area contributed by atoms with E-state index < -0.39 is 0 Å². The average Bonchev–Trinajstić information content (AvgIpc) is 3.41. The molecule has 0 unspecified atom stereocenters. The van der Waals surface area contributed by atoms with Gasteiger partial charge in [0.2, 0.25) is 11.8 Å². The Morgan fingerprint density at radius 2 is 1.96 bits per heavy atom. The second-order valence-corrected chi connectivity index (χ2v) is 7.72. The number of likely N-dealkylation sites (tertiary alicyclic amines) is 1. The van der Waals surface area contributed by atoms with Crippen molar-refractivity contribution < 1.29 is 8.81 Å². The maximum atomic E-state index is 13.1. The van der Waals surface area contributed by atoms with Crippen molar-refractivity contribution in [2.45, 2.75) is 25.4 Å². The van der Waals surface area contributed by atoms with E-state index in [4.69, 9.17) is 9.40 Å². The third-order valence-electron chi connectivity index (χ3n) is 4.86. The highest BCUT2D eigenvalue weighted by Gasteiger charge is 2.30. The maximum absolute atomic E-state index is 13.1. The summed E-state index contributed by atoms with van der Waals surface area (Å²) in [6.45, 7) is 1.57. The van der Waals surface area contributed by atoms with Crippen LogP contribution in [-0.4, -0.2) is 26.6 Å². The van der Waals surface area contributed by atoms with Crippen LogP contribution in [0.4, 0.5) is 4.39 Å². The molecule has 136 valence electrons. The van der Waals surface area contributed by atoms with Gasteiger partial charge in [-0.25, -0.2) is 9.37 Å². The van der Waals surface area contributed by atoms with Crippen LogP contribution in [0.25, 0.3) is 21.7 Å². The number of fused-ring (bicyclic) bond motifs is 1. The minimum Gasteiger partial charge on any atom is -0.419 e. The van der Waals surface area contributed by atoms with E-state index in [1.165, 1.54) is 16.8 Å². The van der Waals surface area contributed by atoms with Crippen molar-refractivity contribution >= 4 is 21.6 Å². The molecule has 0 amide bonds. The van der Waals surface area contributed by atoms with Crippen molar-refractivity contribution in [2.75, 3.05) is 6.54 Å². The highest BCUT2D eigenvalue weighted by Crippen LogP contribution is 2.37. The Bertz CT molecular complexity index is 1040. The molecule has 3 heterocycles. The normalized spacial score (nSPS) is 17.7. The van der Waals surface area contributed by atoms with Crippen molar-refractivity contribution in [3.05, 3.63) is 65.2 Å². The van der Waals surface area contributed by atoms with Crippen molar-refractivity contribution in [1.82, 2.24) is 20.1 Å². The molecule has 0 radical (unpaired) electrons. The lowest BCUT2D eigenvalue weighted by Crippen LogP contribution is -2.22. The van der Waals surface area contributed by atoms with Gasteiger partial charge in [-0.05, 0) is 55.8 Å². The molecule has 0 spiro atoms. The van der Waals surface area contributed by atoms with Crippen LogP contribution in [-0.2, 0) is 6.54 Å². The summed E-state index contributed by atoms with van der Waals surface area (Å²) >= 11 is 1.76. The second kappa shape index (κ2) is 6.83. The summed E-state index contributed by atoms with van der Waals surface area (Å²) in [4.78, 5) is 7.17. The Labute approximate surface area is 159 Å². The van der Waals surface area contributed by atoms with Crippen LogP contribution in [0.5, 0.6) is 0 Å². The topological polar surface area (TPSA) is 55.1 Å². The summed E-state index contributed by atoms with van der Waals surface area (Å²) in [5, 5.41) is 9.44. The molecule has 5 nitrogen and oxygen atoms in total. The van der Waals surface area contributed by atoms with Gasteiger partial charge in [-0.1, -0.05) is 12.1 Å². The number of rotatable bonds is 4. The standard InChI is InChI=1S/C20H17FN4OS/c21-14-9-7-13(8-10-14)19-24-23-18(26-19)12-25-11-3-5-16(25)20-22-15-4-1-2-6-17(15)27-20/h1-2,4,6-10,16H,3,5,11-12H2/t16-/m0/s1. The average molecular weight is 380 g/mol. The van der Waals surface area contributed by atoms with Crippen LogP contribution in [0.2, 0.25) is 0 Å². The van der Waals surface area contributed by atoms with Gasteiger partial charge in [0.1, 0.15) is 10.8 Å². The molecule has 0 aliphatic carbocycles. The molecule has 0 N–H and O–H groups in total. The third-order valence-corrected chi connectivity index (χ3v) is 5.99. The van der Waals surface area contributed by atoms with E-state index in [1.807, 2.05) is 12.1 Å². The molecule has 1 atom stereocenters. The highest BCUT2D eigenvalue weighted by atomic mass is 32.1. The molecule has 2 aromatic heterocycles. The Morgan fingerprint density at radius 1 is 1.11 bits per heavy atom. The lowest BCUT2D eigenvalue weighted by atomic mass is 10.2. The molecule has 5 rings (SSSR count). The fourth-order valence-electron chi connectivity index (χ4n) is 3.53. The summed E-state index contributed by atoms with van der Waals surface area (Å²) in [6.07, 6.45) is 2.21. The van der Waals surface area contributed by atoms with Gasteiger partial charge in [-0.15, -0.1) is 21.5 Å². The minimum absolute atomic E-state index is 0.281. The molecule has 7 heteroatoms. The van der Waals surface area contributed by atoms with E-state index in [2.05, 4.69) is 27.2 Å². The first-order chi connectivity index (χ1) is 13.3. The van der Waals surface area contributed by atoms with Crippen LogP contribution in [0.15, 0.2) is 52.9 Å². The number of benzene rings is 2. The van der Waals surface area contributed by atoms with E-state index in [0.717, 1.165) is 35.5 Å². The molecule has 0 saturated carbocycles. The monoisotopic (exact) mass is 380 g/mol. The molecule has 27 heavy (non-hydrogen) atoms. The zero-order chi connectivity index (χ0) is 18.2. The Morgan fingerprint density at radius 3 is 2.81 bits per heavy atom. The van der Waals surface area contributed by atoms with Gasteiger partial charge in [0, 0.05) is 5.56 Å². The molecular weight excluding hydrogens is 363 g/mol. The molecular formula is C20H17FN4OS. The third kappa shape index (κ3) is 3.24. The second-order valence-electron chi connectivity index (χ2n) is 6.66. The van der Waals surface area contributed by atoms with Crippen molar-refractivity contribution in [2.24, 2.45) is 0 Å². The lowest BCUT2D eigenvalue weighted by molar-refractivity contribution is 0.224. The number of halogens is 1. The summed E-state index contributed by atoms with van der Waals surface area (Å²) in [5.41, 5.74) is 1.78. The number of hydrogen-bond donors (Lipinski definition) is 0. The first-order valence-corrected chi connectivity index (χ1v) is 9.76. The Kier molecular flexibility index (Phi) is 4.18. The van der Waals surface area contributed by atoms with E-state index in [1.54, 1.807) is 23.5 Å². The van der Waals surface area contributed by atoms with E-state index in [9.17, 15) is 4.39 Å². The van der Waals surface area contributed by atoms with Crippen LogP contribution in [0.3, 0.4) is 0 Å². The maximum Gasteiger partial charge on any atom is 0.247 e. The summed E-state index contributed by atoms with van der Waals surface area (Å²) in [7, 11) is 0. The lowest BCUT2D eigenvalue weighted by Gasteiger charge is -2.20. The van der Waals surface area contributed by atoms with E-state index >= 15 is 0 Å². The van der Waals surface area contributed by atoms with Crippen LogP contribution in [0, 0.1) is 5.82 Å². The molecule has 1 fully saturated rings. The van der Waals surface area contributed by atoms with Gasteiger partial charge in [-0.3, -0.25) is 4.90 Å². The van der Waals surface area contributed by atoms with Crippen molar-refractivity contribution in [1.29, 1.82) is 0 Å². The quantitative estimate of drug-likeness (QED) is 0.508.